The van der Waals surface area contributed by atoms with Crippen LogP contribution in [0.4, 0.5) is 0 Å². The van der Waals surface area contributed by atoms with Gasteiger partial charge in [-0.05, 0) is 63.4 Å². The number of aliphatic hydroxyl groups excluding tert-OH is 1. The normalized spacial score (nSPS) is 16.3. The Morgan fingerprint density at radius 1 is 1.07 bits per heavy atom. The molecule has 2 rings (SSSR count). The Labute approximate surface area is 167 Å². The molecular formula is C24H42O3. The Hall–Kier alpha value is -1.35. The Balaban J connectivity index is 0.000000394. The van der Waals surface area contributed by atoms with Gasteiger partial charge >= 0.3 is 0 Å². The summed E-state index contributed by atoms with van der Waals surface area (Å²) in [5.41, 5.74) is 3.12. The predicted octanol–water partition coefficient (Wildman–Crippen LogP) is 6.42. The maximum absolute atomic E-state index is 9.39. The standard InChI is InChI=1S/C11H16.C9H18O.C4H8O2/c1-4-10(3)11-7-5-9(2)6-8-11;1-2-9(8-10)6-4-3-5-7-9;1-4(2)6-3-5/h5-8,10H,4H2,1-3H3;10H,2-8H2,1H3;3-4H,1-2H3. The van der Waals surface area contributed by atoms with E-state index in [1.54, 1.807) is 13.8 Å². The van der Waals surface area contributed by atoms with E-state index in [-0.39, 0.29) is 6.10 Å². The molecule has 3 nitrogen and oxygen atoms in total. The molecule has 156 valence electrons. The number of benzene rings is 1. The van der Waals surface area contributed by atoms with Crippen LogP contribution in [-0.2, 0) is 9.53 Å². The van der Waals surface area contributed by atoms with Crippen LogP contribution in [0.3, 0.4) is 0 Å². The fraction of sp³-hybridized carbons (Fsp3) is 0.708. The highest BCUT2D eigenvalue weighted by molar-refractivity contribution is 5.37. The van der Waals surface area contributed by atoms with Crippen molar-refractivity contribution in [3.63, 3.8) is 0 Å². The van der Waals surface area contributed by atoms with Crippen LogP contribution in [0.1, 0.15) is 96.6 Å². The van der Waals surface area contributed by atoms with Gasteiger partial charge in [-0.25, -0.2) is 0 Å². The van der Waals surface area contributed by atoms with Crippen molar-refractivity contribution >= 4 is 6.47 Å². The van der Waals surface area contributed by atoms with Crippen molar-refractivity contribution in [2.24, 2.45) is 5.41 Å². The molecule has 1 aromatic carbocycles. The molecule has 27 heavy (non-hydrogen) atoms. The first-order valence-electron chi connectivity index (χ1n) is 10.6. The molecule has 0 aliphatic heterocycles. The molecule has 1 fully saturated rings. The Bertz CT molecular complexity index is 467. The molecule has 0 heterocycles. The molecule has 1 aliphatic carbocycles. The first kappa shape index (κ1) is 25.6. The zero-order chi connectivity index (χ0) is 20.7. The van der Waals surface area contributed by atoms with Crippen molar-refractivity contribution in [2.75, 3.05) is 6.61 Å². The molecule has 0 aromatic heterocycles. The molecule has 1 aliphatic rings. The topological polar surface area (TPSA) is 46.5 Å². The van der Waals surface area contributed by atoms with Crippen molar-refractivity contribution in [2.45, 2.75) is 98.5 Å². The molecule has 0 bridgehead atoms. The summed E-state index contributed by atoms with van der Waals surface area (Å²) >= 11 is 0. The highest BCUT2D eigenvalue weighted by Gasteiger charge is 2.28. The quantitative estimate of drug-likeness (QED) is 0.581. The van der Waals surface area contributed by atoms with Crippen molar-refractivity contribution in [3.05, 3.63) is 35.4 Å². The SMILES string of the molecule is CC(C)OC=O.CCC(C)c1ccc(C)cc1.CCC1(CO)CCCCC1. The lowest BCUT2D eigenvalue weighted by molar-refractivity contribution is -0.131. The van der Waals surface area contributed by atoms with Gasteiger partial charge in [0, 0.05) is 6.61 Å². The van der Waals surface area contributed by atoms with E-state index in [0.29, 0.717) is 24.4 Å². The highest BCUT2D eigenvalue weighted by atomic mass is 16.5. The number of hydrogen-bond donors (Lipinski definition) is 1. The summed E-state index contributed by atoms with van der Waals surface area (Å²) in [5.74, 6) is 0.704. The summed E-state index contributed by atoms with van der Waals surface area (Å²) < 4.78 is 4.36. The molecule has 1 saturated carbocycles. The third-order valence-electron chi connectivity index (χ3n) is 5.59. The number of hydrogen-bond acceptors (Lipinski definition) is 3. The second-order valence-electron chi connectivity index (χ2n) is 8.07. The largest absolute Gasteiger partial charge is 0.465 e. The fourth-order valence-electron chi connectivity index (χ4n) is 3.17. The van der Waals surface area contributed by atoms with Gasteiger partial charge in [-0.15, -0.1) is 0 Å². The van der Waals surface area contributed by atoms with Crippen molar-refractivity contribution < 1.29 is 14.6 Å². The maximum atomic E-state index is 9.39. The van der Waals surface area contributed by atoms with Crippen LogP contribution in [-0.4, -0.2) is 24.3 Å². The van der Waals surface area contributed by atoms with Gasteiger partial charge in [0.05, 0.1) is 6.10 Å². The summed E-state index contributed by atoms with van der Waals surface area (Å²) in [7, 11) is 0. The first-order valence-corrected chi connectivity index (χ1v) is 10.6. The number of rotatable bonds is 6. The number of carbonyl (C=O) groups is 1. The summed E-state index contributed by atoms with van der Waals surface area (Å²) in [6.45, 7) is 13.3. The van der Waals surface area contributed by atoms with Gasteiger partial charge in [-0.1, -0.05) is 69.9 Å². The number of aryl methyl sites for hydroxylation is 1. The molecule has 1 aromatic rings. The van der Waals surface area contributed by atoms with E-state index in [1.807, 2.05) is 0 Å². The number of aliphatic hydroxyl groups is 1. The van der Waals surface area contributed by atoms with E-state index in [2.05, 4.69) is 56.7 Å². The maximum Gasteiger partial charge on any atom is 0.293 e. The van der Waals surface area contributed by atoms with Gasteiger partial charge < -0.3 is 9.84 Å². The van der Waals surface area contributed by atoms with Crippen LogP contribution >= 0.6 is 0 Å². The van der Waals surface area contributed by atoms with Gasteiger partial charge in [0.1, 0.15) is 0 Å². The first-order chi connectivity index (χ1) is 12.8. The van der Waals surface area contributed by atoms with E-state index in [1.165, 1.54) is 49.7 Å². The van der Waals surface area contributed by atoms with Gasteiger partial charge in [0.2, 0.25) is 0 Å². The molecule has 0 saturated heterocycles. The Morgan fingerprint density at radius 3 is 1.93 bits per heavy atom. The van der Waals surface area contributed by atoms with Gasteiger partial charge in [-0.2, -0.15) is 0 Å². The number of carbonyl (C=O) groups excluding carboxylic acids is 1. The Kier molecular flexibility index (Phi) is 13.9. The van der Waals surface area contributed by atoms with Crippen LogP contribution in [0.15, 0.2) is 24.3 Å². The predicted molar refractivity (Wildman–Crippen MR) is 115 cm³/mol. The van der Waals surface area contributed by atoms with Crippen LogP contribution in [0.2, 0.25) is 0 Å². The highest BCUT2D eigenvalue weighted by Crippen LogP contribution is 2.38. The van der Waals surface area contributed by atoms with Crippen molar-refractivity contribution in [1.29, 1.82) is 0 Å². The summed E-state index contributed by atoms with van der Waals surface area (Å²) in [4.78, 5) is 9.39. The van der Waals surface area contributed by atoms with E-state index in [4.69, 9.17) is 5.11 Å². The minimum Gasteiger partial charge on any atom is -0.465 e. The summed E-state index contributed by atoms with van der Waals surface area (Å²) in [6.07, 6.45) is 8.94. The summed E-state index contributed by atoms with van der Waals surface area (Å²) in [5, 5.41) is 9.14. The molecule has 0 radical (unpaired) electrons. The fourth-order valence-corrected chi connectivity index (χ4v) is 3.17. The molecule has 0 amide bonds. The van der Waals surface area contributed by atoms with Gasteiger partial charge in [0.15, 0.2) is 0 Å². The molecule has 0 spiro atoms. The molecule has 1 N–H and O–H groups in total. The summed E-state index contributed by atoms with van der Waals surface area (Å²) in [6, 6.07) is 8.82. The third-order valence-corrected chi connectivity index (χ3v) is 5.59. The Morgan fingerprint density at radius 2 is 1.63 bits per heavy atom. The third kappa shape index (κ3) is 11.2. The van der Waals surface area contributed by atoms with E-state index in [9.17, 15) is 4.79 Å². The molecule has 3 heteroatoms. The van der Waals surface area contributed by atoms with Crippen molar-refractivity contribution in [1.82, 2.24) is 0 Å². The monoisotopic (exact) mass is 378 g/mol. The smallest absolute Gasteiger partial charge is 0.293 e. The average molecular weight is 379 g/mol. The van der Waals surface area contributed by atoms with Crippen LogP contribution in [0.25, 0.3) is 0 Å². The molecular weight excluding hydrogens is 336 g/mol. The zero-order valence-corrected chi connectivity index (χ0v) is 18.5. The lowest BCUT2D eigenvalue weighted by Gasteiger charge is -2.34. The minimum atomic E-state index is 0.0301. The molecule has 1 unspecified atom stereocenters. The molecule has 1 atom stereocenters. The van der Waals surface area contributed by atoms with Crippen LogP contribution in [0.5, 0.6) is 0 Å². The average Bonchev–Trinajstić information content (AvgIpc) is 2.69. The van der Waals surface area contributed by atoms with E-state index >= 15 is 0 Å². The van der Waals surface area contributed by atoms with Crippen molar-refractivity contribution in [3.8, 4) is 0 Å². The van der Waals surface area contributed by atoms with Crippen LogP contribution < -0.4 is 0 Å². The minimum absolute atomic E-state index is 0.0301. The second kappa shape index (κ2) is 14.7. The zero-order valence-electron chi connectivity index (χ0n) is 18.5. The second-order valence-corrected chi connectivity index (χ2v) is 8.07. The van der Waals surface area contributed by atoms with E-state index < -0.39 is 0 Å². The van der Waals surface area contributed by atoms with E-state index in [0.717, 1.165) is 6.42 Å². The number of ether oxygens (including phenoxy) is 1. The lowest BCUT2D eigenvalue weighted by atomic mass is 9.73. The lowest BCUT2D eigenvalue weighted by Crippen LogP contribution is -2.27. The van der Waals surface area contributed by atoms with Crippen LogP contribution in [0, 0.1) is 12.3 Å². The van der Waals surface area contributed by atoms with Gasteiger partial charge in [0.25, 0.3) is 6.47 Å². The van der Waals surface area contributed by atoms with Gasteiger partial charge in [-0.3, -0.25) is 4.79 Å².